The van der Waals surface area contributed by atoms with Crippen LogP contribution in [0.4, 0.5) is 35.0 Å². The fourth-order valence-corrected chi connectivity index (χ4v) is 4.79. The third-order valence-electron chi connectivity index (χ3n) is 7.01. The zero-order valence-electron chi connectivity index (χ0n) is 24.2. The molecule has 11 heteroatoms. The molecule has 0 spiro atoms. The molecule has 0 atom stereocenters. The normalized spacial score (nSPS) is 13.5. The van der Waals surface area contributed by atoms with Gasteiger partial charge in [-0.1, -0.05) is 50.2 Å². The number of alkyl halides is 3. The molecule has 43 heavy (non-hydrogen) atoms. The highest BCUT2D eigenvalue weighted by molar-refractivity contribution is 5.94. The van der Waals surface area contributed by atoms with Crippen molar-refractivity contribution in [2.75, 3.05) is 48.3 Å². The maximum atomic E-state index is 13.0. The number of anilines is 3. The van der Waals surface area contributed by atoms with E-state index in [0.717, 1.165) is 23.4 Å². The van der Waals surface area contributed by atoms with Crippen LogP contribution in [-0.2, 0) is 22.3 Å². The summed E-state index contributed by atoms with van der Waals surface area (Å²) >= 11 is 0. The van der Waals surface area contributed by atoms with E-state index < -0.39 is 17.8 Å². The maximum Gasteiger partial charge on any atom is 0.416 e. The lowest BCUT2D eigenvalue weighted by Gasteiger charge is -2.36. The first-order valence-corrected chi connectivity index (χ1v) is 14.2. The summed E-state index contributed by atoms with van der Waals surface area (Å²) < 4.78 is 38.9. The van der Waals surface area contributed by atoms with Crippen molar-refractivity contribution < 1.29 is 27.6 Å². The van der Waals surface area contributed by atoms with Crippen LogP contribution in [-0.4, -0.2) is 60.4 Å². The van der Waals surface area contributed by atoms with Crippen molar-refractivity contribution in [1.29, 1.82) is 0 Å². The summed E-state index contributed by atoms with van der Waals surface area (Å²) in [6.45, 7) is 6.08. The number of hydrogen-bond donors (Lipinski definition) is 2. The zero-order valence-corrected chi connectivity index (χ0v) is 24.2. The molecule has 4 rings (SSSR count). The van der Waals surface area contributed by atoms with Crippen LogP contribution in [0.1, 0.15) is 31.4 Å². The predicted octanol–water partition coefficient (Wildman–Crippen LogP) is 6.07. The molecule has 0 aliphatic carbocycles. The number of urea groups is 1. The Morgan fingerprint density at radius 3 is 2.14 bits per heavy atom. The minimum absolute atomic E-state index is 0.0628. The number of carbonyl (C=O) groups excluding carboxylic acids is 3. The van der Waals surface area contributed by atoms with Gasteiger partial charge in [-0.2, -0.15) is 13.2 Å². The van der Waals surface area contributed by atoms with Gasteiger partial charge in [-0.05, 0) is 53.9 Å². The van der Waals surface area contributed by atoms with Gasteiger partial charge in [0.2, 0.25) is 11.8 Å². The van der Waals surface area contributed by atoms with E-state index in [1.54, 1.807) is 21.9 Å². The van der Waals surface area contributed by atoms with Crippen molar-refractivity contribution >= 4 is 34.9 Å². The topological polar surface area (TPSA) is 85.0 Å². The van der Waals surface area contributed by atoms with Gasteiger partial charge in [0.15, 0.2) is 0 Å². The van der Waals surface area contributed by atoms with E-state index in [1.807, 2.05) is 56.3 Å². The number of amides is 4. The van der Waals surface area contributed by atoms with Gasteiger partial charge in [0.25, 0.3) is 0 Å². The van der Waals surface area contributed by atoms with Crippen LogP contribution >= 0.6 is 0 Å². The number of nitrogens with one attached hydrogen (secondary N) is 2. The number of hydrogen-bond acceptors (Lipinski definition) is 4. The molecule has 1 heterocycles. The number of benzene rings is 3. The summed E-state index contributed by atoms with van der Waals surface area (Å²) in [5.41, 5.74) is 1.73. The average Bonchev–Trinajstić information content (AvgIpc) is 2.97. The van der Waals surface area contributed by atoms with Crippen LogP contribution in [0.5, 0.6) is 0 Å². The van der Waals surface area contributed by atoms with E-state index in [9.17, 15) is 27.6 Å². The molecule has 0 unspecified atom stereocenters. The van der Waals surface area contributed by atoms with Gasteiger partial charge in [-0.3, -0.25) is 9.59 Å². The highest BCUT2D eigenvalue weighted by atomic mass is 19.4. The van der Waals surface area contributed by atoms with E-state index in [4.69, 9.17) is 0 Å². The second-order valence-electron chi connectivity index (χ2n) is 10.9. The Morgan fingerprint density at radius 1 is 0.837 bits per heavy atom. The van der Waals surface area contributed by atoms with Crippen LogP contribution in [0.2, 0.25) is 0 Å². The number of halogens is 3. The minimum Gasteiger partial charge on any atom is -0.368 e. The highest BCUT2D eigenvalue weighted by Gasteiger charge is 2.31. The molecule has 1 saturated heterocycles. The van der Waals surface area contributed by atoms with Gasteiger partial charge in [0.1, 0.15) is 6.54 Å². The zero-order chi connectivity index (χ0) is 31.0. The largest absolute Gasteiger partial charge is 0.416 e. The molecule has 4 amide bonds. The molecule has 1 aliphatic rings. The Kier molecular flexibility index (Phi) is 10.3. The average molecular weight is 596 g/mol. The first-order valence-electron chi connectivity index (χ1n) is 14.2. The fourth-order valence-electron chi connectivity index (χ4n) is 4.79. The molecule has 8 nitrogen and oxygen atoms in total. The van der Waals surface area contributed by atoms with Crippen LogP contribution < -0.4 is 15.5 Å². The van der Waals surface area contributed by atoms with Crippen LogP contribution in [0, 0.1) is 5.92 Å². The molecule has 3 aromatic rings. The molecular formula is C32H36F3N5O3. The molecule has 1 fully saturated rings. The number of piperazine rings is 1. The molecule has 0 bridgehead atoms. The Hall–Kier alpha value is -4.54. The summed E-state index contributed by atoms with van der Waals surface area (Å²) in [5.74, 6) is -0.193. The van der Waals surface area contributed by atoms with E-state index in [2.05, 4.69) is 15.5 Å². The van der Waals surface area contributed by atoms with E-state index in [1.165, 1.54) is 12.1 Å². The molecular weight excluding hydrogens is 559 g/mol. The van der Waals surface area contributed by atoms with Gasteiger partial charge < -0.3 is 25.3 Å². The first kappa shape index (κ1) is 31.4. The standard InChI is InChI=1S/C32H36F3N5O3/c1-23(2)19-30(42)40(21-24-7-4-3-5-8-24)22-29(41)36-26-11-13-28(14-12-26)38-15-17-39(18-16-38)31(43)37-27-10-6-9-25(20-27)32(33,34)35/h3-14,20,23H,15-19,21-22H2,1-2H3,(H,36,41)(H,37,43). The molecule has 2 N–H and O–H groups in total. The van der Waals surface area contributed by atoms with E-state index >= 15 is 0 Å². The molecule has 1 aliphatic heterocycles. The number of nitrogens with zero attached hydrogens (tertiary/aromatic N) is 3. The van der Waals surface area contributed by atoms with Crippen LogP contribution in [0.3, 0.4) is 0 Å². The summed E-state index contributed by atoms with van der Waals surface area (Å²) in [7, 11) is 0. The van der Waals surface area contributed by atoms with Crippen LogP contribution in [0.15, 0.2) is 78.9 Å². The van der Waals surface area contributed by atoms with Crippen molar-refractivity contribution in [1.82, 2.24) is 9.80 Å². The lowest BCUT2D eigenvalue weighted by molar-refractivity contribution is -0.137. The summed E-state index contributed by atoms with van der Waals surface area (Å²) in [6.07, 6.45) is -4.13. The second-order valence-corrected chi connectivity index (χ2v) is 10.9. The van der Waals surface area contributed by atoms with Crippen molar-refractivity contribution in [2.24, 2.45) is 5.92 Å². The highest BCUT2D eigenvalue weighted by Crippen LogP contribution is 2.30. The van der Waals surface area contributed by atoms with Crippen LogP contribution in [0.25, 0.3) is 0 Å². The molecule has 0 radical (unpaired) electrons. The Bertz CT molecular complexity index is 1390. The number of carbonyl (C=O) groups is 3. The second kappa shape index (κ2) is 14.1. The smallest absolute Gasteiger partial charge is 0.368 e. The minimum atomic E-state index is -4.49. The monoisotopic (exact) mass is 595 g/mol. The number of rotatable bonds is 9. The predicted molar refractivity (Wildman–Crippen MR) is 161 cm³/mol. The fraction of sp³-hybridized carbons (Fsp3) is 0.344. The lowest BCUT2D eigenvalue weighted by Crippen LogP contribution is -2.50. The molecule has 0 aromatic heterocycles. The van der Waals surface area contributed by atoms with Crippen molar-refractivity contribution in [3.63, 3.8) is 0 Å². The Labute approximate surface area is 249 Å². The summed E-state index contributed by atoms with van der Waals surface area (Å²) in [4.78, 5) is 43.6. The van der Waals surface area contributed by atoms with Gasteiger partial charge in [-0.15, -0.1) is 0 Å². The summed E-state index contributed by atoms with van der Waals surface area (Å²) in [5, 5.41) is 5.42. The third-order valence-corrected chi connectivity index (χ3v) is 7.01. The van der Waals surface area contributed by atoms with Crippen molar-refractivity contribution in [3.8, 4) is 0 Å². The van der Waals surface area contributed by atoms with E-state index in [-0.39, 0.29) is 30.0 Å². The van der Waals surface area contributed by atoms with Gasteiger partial charge in [0, 0.05) is 56.2 Å². The van der Waals surface area contributed by atoms with Gasteiger partial charge in [-0.25, -0.2) is 4.79 Å². The molecule has 228 valence electrons. The maximum absolute atomic E-state index is 13.0. The van der Waals surface area contributed by atoms with Crippen molar-refractivity contribution in [3.05, 3.63) is 90.0 Å². The summed E-state index contributed by atoms with van der Waals surface area (Å²) in [6, 6.07) is 21.0. The SMILES string of the molecule is CC(C)CC(=O)N(CC(=O)Nc1ccc(N2CCN(C(=O)Nc3cccc(C(F)(F)F)c3)CC2)cc1)Cc1ccccc1. The first-order chi connectivity index (χ1) is 20.5. The van der Waals surface area contributed by atoms with Gasteiger partial charge in [0.05, 0.1) is 5.56 Å². The molecule has 0 saturated carbocycles. The molecule has 3 aromatic carbocycles. The third kappa shape index (κ3) is 9.22. The van der Waals surface area contributed by atoms with E-state index in [0.29, 0.717) is 44.8 Å². The van der Waals surface area contributed by atoms with Crippen molar-refractivity contribution in [2.45, 2.75) is 33.0 Å². The van der Waals surface area contributed by atoms with Gasteiger partial charge >= 0.3 is 12.2 Å². The lowest BCUT2D eigenvalue weighted by atomic mass is 10.1. The Balaban J connectivity index is 1.28. The quantitative estimate of drug-likeness (QED) is 0.315. The Morgan fingerprint density at radius 2 is 1.51 bits per heavy atom.